The van der Waals surface area contributed by atoms with Crippen molar-refractivity contribution in [3.8, 4) is 5.75 Å². The molecule has 3 nitrogen and oxygen atoms in total. The van der Waals surface area contributed by atoms with Crippen LogP contribution in [0.15, 0.2) is 72.8 Å². The SMILES string of the molecule is C[C@@H](NC(=O)c1cccc(OCc2ccccc2)c1)c1ccc2c(c1)CCC2. The van der Waals surface area contributed by atoms with Crippen molar-refractivity contribution in [3.05, 3.63) is 101 Å². The minimum absolute atomic E-state index is 0.0349. The van der Waals surface area contributed by atoms with Gasteiger partial charge in [0.05, 0.1) is 6.04 Å². The molecule has 0 aliphatic heterocycles. The molecular weight excluding hydrogens is 346 g/mol. The lowest BCUT2D eigenvalue weighted by Crippen LogP contribution is -2.26. The molecule has 1 atom stereocenters. The van der Waals surface area contributed by atoms with Crippen LogP contribution in [0, 0.1) is 0 Å². The van der Waals surface area contributed by atoms with E-state index in [2.05, 4.69) is 23.5 Å². The van der Waals surface area contributed by atoms with E-state index < -0.39 is 0 Å². The summed E-state index contributed by atoms with van der Waals surface area (Å²) in [7, 11) is 0. The second kappa shape index (κ2) is 8.30. The van der Waals surface area contributed by atoms with Gasteiger partial charge in [-0.1, -0.05) is 54.6 Å². The van der Waals surface area contributed by atoms with E-state index in [9.17, 15) is 4.79 Å². The molecule has 0 saturated heterocycles. The zero-order valence-electron chi connectivity index (χ0n) is 16.2. The van der Waals surface area contributed by atoms with Crippen molar-refractivity contribution in [1.82, 2.24) is 5.32 Å². The van der Waals surface area contributed by atoms with Crippen molar-refractivity contribution in [2.24, 2.45) is 0 Å². The number of rotatable bonds is 6. The third kappa shape index (κ3) is 4.25. The monoisotopic (exact) mass is 371 g/mol. The van der Waals surface area contributed by atoms with Crippen LogP contribution in [-0.2, 0) is 19.4 Å². The summed E-state index contributed by atoms with van der Waals surface area (Å²) >= 11 is 0. The maximum atomic E-state index is 12.7. The van der Waals surface area contributed by atoms with Gasteiger partial charge in [-0.3, -0.25) is 4.79 Å². The van der Waals surface area contributed by atoms with Crippen LogP contribution < -0.4 is 10.1 Å². The first-order valence-electron chi connectivity index (χ1n) is 9.88. The van der Waals surface area contributed by atoms with Gasteiger partial charge in [0.25, 0.3) is 5.91 Å². The number of hydrogen-bond donors (Lipinski definition) is 1. The fraction of sp³-hybridized carbons (Fsp3) is 0.240. The summed E-state index contributed by atoms with van der Waals surface area (Å²) in [5, 5.41) is 3.11. The molecule has 1 aliphatic rings. The van der Waals surface area contributed by atoms with Crippen LogP contribution in [0.5, 0.6) is 5.75 Å². The molecule has 0 radical (unpaired) electrons. The maximum absolute atomic E-state index is 12.7. The van der Waals surface area contributed by atoms with Gasteiger partial charge >= 0.3 is 0 Å². The molecule has 0 aromatic heterocycles. The second-order valence-electron chi connectivity index (χ2n) is 7.38. The average molecular weight is 371 g/mol. The summed E-state index contributed by atoms with van der Waals surface area (Å²) < 4.78 is 5.84. The average Bonchev–Trinajstić information content (AvgIpc) is 3.21. The molecule has 3 heteroatoms. The quantitative estimate of drug-likeness (QED) is 0.643. The highest BCUT2D eigenvalue weighted by Crippen LogP contribution is 2.25. The molecule has 0 saturated carbocycles. The van der Waals surface area contributed by atoms with E-state index >= 15 is 0 Å². The Morgan fingerprint density at radius 2 is 1.79 bits per heavy atom. The first-order chi connectivity index (χ1) is 13.7. The summed E-state index contributed by atoms with van der Waals surface area (Å²) in [4.78, 5) is 12.7. The molecule has 4 rings (SSSR count). The zero-order valence-corrected chi connectivity index (χ0v) is 16.2. The normalized spacial score (nSPS) is 13.6. The molecule has 0 spiro atoms. The molecule has 3 aromatic rings. The summed E-state index contributed by atoms with van der Waals surface area (Å²) in [5.41, 5.74) is 5.74. The lowest BCUT2D eigenvalue weighted by atomic mass is 10.0. The summed E-state index contributed by atoms with van der Waals surface area (Å²) in [5.74, 6) is 0.611. The smallest absolute Gasteiger partial charge is 0.251 e. The molecule has 0 bridgehead atoms. The topological polar surface area (TPSA) is 38.3 Å². The number of hydrogen-bond acceptors (Lipinski definition) is 2. The minimum Gasteiger partial charge on any atom is -0.489 e. The van der Waals surface area contributed by atoms with Gasteiger partial charge in [0.15, 0.2) is 0 Å². The summed E-state index contributed by atoms with van der Waals surface area (Å²) in [6, 6.07) is 23.9. The fourth-order valence-corrected chi connectivity index (χ4v) is 3.69. The molecule has 0 fully saturated rings. The summed E-state index contributed by atoms with van der Waals surface area (Å²) in [6.07, 6.45) is 3.55. The molecule has 0 heterocycles. The van der Waals surface area contributed by atoms with Crippen molar-refractivity contribution in [1.29, 1.82) is 0 Å². The van der Waals surface area contributed by atoms with E-state index in [4.69, 9.17) is 4.74 Å². The van der Waals surface area contributed by atoms with Crippen molar-refractivity contribution in [3.63, 3.8) is 0 Å². The highest BCUT2D eigenvalue weighted by atomic mass is 16.5. The fourth-order valence-electron chi connectivity index (χ4n) is 3.69. The Bertz CT molecular complexity index is 965. The van der Waals surface area contributed by atoms with Crippen LogP contribution in [0.2, 0.25) is 0 Å². The molecule has 1 amide bonds. The van der Waals surface area contributed by atoms with Crippen molar-refractivity contribution in [2.75, 3.05) is 0 Å². The maximum Gasteiger partial charge on any atom is 0.251 e. The van der Waals surface area contributed by atoms with Gasteiger partial charge in [0.2, 0.25) is 0 Å². The van der Waals surface area contributed by atoms with Crippen LogP contribution in [0.1, 0.15) is 52.0 Å². The predicted molar refractivity (Wildman–Crippen MR) is 112 cm³/mol. The van der Waals surface area contributed by atoms with E-state index in [0.717, 1.165) is 17.5 Å². The Morgan fingerprint density at radius 3 is 2.64 bits per heavy atom. The first-order valence-corrected chi connectivity index (χ1v) is 9.88. The Labute approximate surface area is 166 Å². The van der Waals surface area contributed by atoms with Gasteiger partial charge in [-0.2, -0.15) is 0 Å². The Morgan fingerprint density at radius 1 is 0.964 bits per heavy atom. The molecular formula is C25H25NO2. The van der Waals surface area contributed by atoms with Gasteiger partial charge in [0, 0.05) is 5.56 Å². The largest absolute Gasteiger partial charge is 0.489 e. The third-order valence-corrected chi connectivity index (χ3v) is 5.31. The molecule has 28 heavy (non-hydrogen) atoms. The zero-order chi connectivity index (χ0) is 19.3. The standard InChI is InChI=1S/C25H25NO2/c1-18(21-14-13-20-9-5-10-22(20)15-21)26-25(27)23-11-6-12-24(16-23)28-17-19-7-3-2-4-8-19/h2-4,6-8,11-16,18H,5,9-10,17H2,1H3,(H,26,27)/t18-/m1/s1. The van der Waals surface area contributed by atoms with Gasteiger partial charge in [-0.25, -0.2) is 0 Å². The van der Waals surface area contributed by atoms with Crippen molar-refractivity contribution < 1.29 is 9.53 Å². The van der Waals surface area contributed by atoms with Gasteiger partial charge < -0.3 is 10.1 Å². The first kappa shape index (κ1) is 18.3. The van der Waals surface area contributed by atoms with Gasteiger partial charge in [0.1, 0.15) is 12.4 Å². The number of aryl methyl sites for hydroxylation is 2. The lowest BCUT2D eigenvalue weighted by Gasteiger charge is -2.16. The van der Waals surface area contributed by atoms with E-state index in [1.54, 1.807) is 6.07 Å². The molecule has 1 N–H and O–H groups in total. The second-order valence-corrected chi connectivity index (χ2v) is 7.38. The van der Waals surface area contributed by atoms with Crippen LogP contribution in [0.3, 0.4) is 0 Å². The Hall–Kier alpha value is -3.07. The van der Waals surface area contributed by atoms with Crippen LogP contribution >= 0.6 is 0 Å². The van der Waals surface area contributed by atoms with Crippen LogP contribution in [-0.4, -0.2) is 5.91 Å². The third-order valence-electron chi connectivity index (χ3n) is 5.31. The number of benzene rings is 3. The van der Waals surface area contributed by atoms with E-state index in [0.29, 0.717) is 17.9 Å². The number of fused-ring (bicyclic) bond motifs is 1. The number of carbonyl (C=O) groups is 1. The predicted octanol–water partition coefficient (Wildman–Crippen LogP) is 5.25. The molecule has 1 aliphatic carbocycles. The molecule has 3 aromatic carbocycles. The Kier molecular flexibility index (Phi) is 5.43. The van der Waals surface area contributed by atoms with Gasteiger partial charge in [-0.05, 0) is 66.6 Å². The van der Waals surface area contributed by atoms with E-state index in [-0.39, 0.29) is 11.9 Å². The van der Waals surface area contributed by atoms with Crippen LogP contribution in [0.25, 0.3) is 0 Å². The highest BCUT2D eigenvalue weighted by Gasteiger charge is 2.16. The lowest BCUT2D eigenvalue weighted by molar-refractivity contribution is 0.0939. The summed E-state index contributed by atoms with van der Waals surface area (Å²) in [6.45, 7) is 2.52. The molecule has 0 unspecified atom stereocenters. The number of nitrogens with one attached hydrogen (secondary N) is 1. The molecule has 142 valence electrons. The van der Waals surface area contributed by atoms with Crippen molar-refractivity contribution >= 4 is 5.91 Å². The minimum atomic E-state index is -0.0850. The highest BCUT2D eigenvalue weighted by molar-refractivity contribution is 5.94. The van der Waals surface area contributed by atoms with E-state index in [1.165, 1.54) is 24.0 Å². The number of carbonyl (C=O) groups excluding carboxylic acids is 1. The number of ether oxygens (including phenoxy) is 1. The Balaban J connectivity index is 1.40. The van der Waals surface area contributed by atoms with Crippen LogP contribution in [0.4, 0.5) is 0 Å². The van der Waals surface area contributed by atoms with Crippen molar-refractivity contribution in [2.45, 2.75) is 38.8 Å². The van der Waals surface area contributed by atoms with E-state index in [1.807, 2.05) is 55.5 Å². The number of amides is 1. The van der Waals surface area contributed by atoms with Gasteiger partial charge in [-0.15, -0.1) is 0 Å².